The molecule has 0 aliphatic carbocycles. The SMILES string of the molecule is C=CCc1cc(/C=C2\SC(=O)N(Cc3ccc(Br)cc3)C2=O)cc(OCC)c1OCc1ccccc1. The van der Waals surface area contributed by atoms with Crippen molar-refractivity contribution in [1.29, 1.82) is 0 Å². The highest BCUT2D eigenvalue weighted by atomic mass is 79.9. The maximum Gasteiger partial charge on any atom is 0.293 e. The van der Waals surface area contributed by atoms with E-state index in [2.05, 4.69) is 22.5 Å². The van der Waals surface area contributed by atoms with Crippen LogP contribution in [0.25, 0.3) is 6.08 Å². The van der Waals surface area contributed by atoms with Crippen LogP contribution in [-0.4, -0.2) is 22.7 Å². The van der Waals surface area contributed by atoms with Crippen LogP contribution in [0.15, 0.2) is 88.8 Å². The Kier molecular flexibility index (Phi) is 8.67. The molecular formula is C29H26BrNO4S. The van der Waals surface area contributed by atoms with Crippen molar-refractivity contribution in [2.75, 3.05) is 6.61 Å². The number of hydrogen-bond donors (Lipinski definition) is 0. The van der Waals surface area contributed by atoms with Gasteiger partial charge in [-0.05, 0) is 72.1 Å². The highest BCUT2D eigenvalue weighted by Crippen LogP contribution is 2.38. The van der Waals surface area contributed by atoms with Gasteiger partial charge in [0.15, 0.2) is 11.5 Å². The first-order valence-corrected chi connectivity index (χ1v) is 13.2. The van der Waals surface area contributed by atoms with Crippen molar-refractivity contribution in [3.8, 4) is 11.5 Å². The third kappa shape index (κ3) is 6.28. The molecule has 1 fully saturated rings. The van der Waals surface area contributed by atoms with Crippen LogP contribution in [-0.2, 0) is 24.4 Å². The van der Waals surface area contributed by atoms with Gasteiger partial charge in [-0.15, -0.1) is 6.58 Å². The summed E-state index contributed by atoms with van der Waals surface area (Å²) in [6, 6.07) is 21.3. The minimum absolute atomic E-state index is 0.230. The van der Waals surface area contributed by atoms with Crippen LogP contribution in [0.2, 0.25) is 0 Å². The normalized spacial score (nSPS) is 14.4. The molecule has 0 bridgehead atoms. The highest BCUT2D eigenvalue weighted by Gasteiger charge is 2.35. The van der Waals surface area contributed by atoms with Gasteiger partial charge in [-0.1, -0.05) is 64.5 Å². The lowest BCUT2D eigenvalue weighted by molar-refractivity contribution is -0.123. The Bertz CT molecular complexity index is 1290. The van der Waals surface area contributed by atoms with E-state index in [0.29, 0.717) is 36.0 Å². The Labute approximate surface area is 223 Å². The fourth-order valence-electron chi connectivity index (χ4n) is 3.79. The summed E-state index contributed by atoms with van der Waals surface area (Å²) in [5, 5.41) is -0.284. The van der Waals surface area contributed by atoms with E-state index in [1.54, 1.807) is 12.2 Å². The van der Waals surface area contributed by atoms with Gasteiger partial charge in [0.1, 0.15) is 6.61 Å². The van der Waals surface area contributed by atoms with E-state index in [1.807, 2.05) is 73.7 Å². The predicted molar refractivity (Wildman–Crippen MR) is 148 cm³/mol. The predicted octanol–water partition coefficient (Wildman–Crippen LogP) is 7.39. The van der Waals surface area contributed by atoms with Crippen LogP contribution in [0.3, 0.4) is 0 Å². The minimum Gasteiger partial charge on any atom is -0.490 e. The van der Waals surface area contributed by atoms with E-state index < -0.39 is 0 Å². The molecule has 0 saturated carbocycles. The first kappa shape index (κ1) is 25.8. The van der Waals surface area contributed by atoms with Gasteiger partial charge in [0.25, 0.3) is 11.1 Å². The Morgan fingerprint density at radius 1 is 1.00 bits per heavy atom. The second-order valence-electron chi connectivity index (χ2n) is 8.10. The second kappa shape index (κ2) is 12.1. The molecule has 0 atom stereocenters. The number of carbonyl (C=O) groups excluding carboxylic acids is 2. The third-order valence-electron chi connectivity index (χ3n) is 5.47. The molecule has 0 radical (unpaired) electrons. The topological polar surface area (TPSA) is 55.8 Å². The van der Waals surface area contributed by atoms with Crippen molar-refractivity contribution in [1.82, 2.24) is 4.90 Å². The lowest BCUT2D eigenvalue weighted by Crippen LogP contribution is -2.27. The van der Waals surface area contributed by atoms with Crippen LogP contribution in [0.5, 0.6) is 11.5 Å². The van der Waals surface area contributed by atoms with E-state index in [1.165, 1.54) is 4.90 Å². The molecule has 184 valence electrons. The number of ether oxygens (including phenoxy) is 2. The molecule has 0 aromatic heterocycles. The van der Waals surface area contributed by atoms with Gasteiger partial charge in [-0.3, -0.25) is 14.5 Å². The van der Waals surface area contributed by atoms with E-state index in [9.17, 15) is 9.59 Å². The first-order valence-electron chi connectivity index (χ1n) is 11.6. The fourth-order valence-corrected chi connectivity index (χ4v) is 4.89. The molecule has 0 N–H and O–H groups in total. The van der Waals surface area contributed by atoms with E-state index in [4.69, 9.17) is 9.47 Å². The average Bonchev–Trinajstić information content (AvgIpc) is 3.13. The average molecular weight is 565 g/mol. The zero-order valence-corrected chi connectivity index (χ0v) is 22.3. The number of hydrogen-bond acceptors (Lipinski definition) is 5. The highest BCUT2D eigenvalue weighted by molar-refractivity contribution is 9.10. The van der Waals surface area contributed by atoms with Gasteiger partial charge in [-0.25, -0.2) is 0 Å². The Morgan fingerprint density at radius 3 is 2.44 bits per heavy atom. The lowest BCUT2D eigenvalue weighted by Gasteiger charge is -2.17. The number of rotatable bonds is 10. The zero-order chi connectivity index (χ0) is 25.5. The van der Waals surface area contributed by atoms with Crippen molar-refractivity contribution >= 4 is 44.9 Å². The summed E-state index contributed by atoms with van der Waals surface area (Å²) in [6.07, 6.45) is 4.11. The van der Waals surface area contributed by atoms with Crippen LogP contribution in [0.4, 0.5) is 4.79 Å². The molecule has 3 aromatic carbocycles. The zero-order valence-electron chi connectivity index (χ0n) is 19.9. The monoisotopic (exact) mass is 563 g/mol. The number of allylic oxidation sites excluding steroid dienone is 1. The summed E-state index contributed by atoms with van der Waals surface area (Å²) in [6.45, 7) is 6.88. The molecule has 4 rings (SSSR count). The number of halogens is 1. The van der Waals surface area contributed by atoms with Crippen molar-refractivity contribution in [3.05, 3.63) is 111 Å². The van der Waals surface area contributed by atoms with Crippen LogP contribution in [0.1, 0.15) is 29.2 Å². The van der Waals surface area contributed by atoms with E-state index in [-0.39, 0.29) is 17.7 Å². The number of carbonyl (C=O) groups is 2. The quantitative estimate of drug-likeness (QED) is 0.190. The molecule has 2 amide bonds. The molecule has 0 spiro atoms. The van der Waals surface area contributed by atoms with Crippen LogP contribution >= 0.6 is 27.7 Å². The summed E-state index contributed by atoms with van der Waals surface area (Å²) in [7, 11) is 0. The first-order chi connectivity index (χ1) is 17.5. The van der Waals surface area contributed by atoms with Crippen molar-refractivity contribution in [2.45, 2.75) is 26.5 Å². The maximum atomic E-state index is 13.1. The maximum absolute atomic E-state index is 13.1. The van der Waals surface area contributed by atoms with Gasteiger partial charge in [0, 0.05) is 10.0 Å². The molecule has 36 heavy (non-hydrogen) atoms. The van der Waals surface area contributed by atoms with Crippen molar-refractivity contribution < 1.29 is 19.1 Å². The molecule has 5 nitrogen and oxygen atoms in total. The van der Waals surface area contributed by atoms with Gasteiger partial charge in [0.05, 0.1) is 18.1 Å². The molecule has 3 aromatic rings. The molecule has 1 aliphatic rings. The lowest BCUT2D eigenvalue weighted by atomic mass is 10.0. The van der Waals surface area contributed by atoms with Crippen molar-refractivity contribution in [3.63, 3.8) is 0 Å². The van der Waals surface area contributed by atoms with Crippen LogP contribution in [0, 0.1) is 0 Å². The van der Waals surface area contributed by atoms with Gasteiger partial charge < -0.3 is 9.47 Å². The van der Waals surface area contributed by atoms with Gasteiger partial charge in [0.2, 0.25) is 0 Å². The number of thioether (sulfide) groups is 1. The Balaban J connectivity index is 1.61. The minimum atomic E-state index is -0.305. The van der Waals surface area contributed by atoms with E-state index >= 15 is 0 Å². The van der Waals surface area contributed by atoms with Gasteiger partial charge >= 0.3 is 0 Å². The fraction of sp³-hybridized carbons (Fsp3) is 0.172. The Hall–Kier alpha value is -3.29. The van der Waals surface area contributed by atoms with Gasteiger partial charge in [-0.2, -0.15) is 0 Å². The number of amides is 2. The molecule has 0 unspecified atom stereocenters. The smallest absolute Gasteiger partial charge is 0.293 e. The summed E-state index contributed by atoms with van der Waals surface area (Å²) in [5.74, 6) is 0.940. The number of imide groups is 1. The second-order valence-corrected chi connectivity index (χ2v) is 10.0. The van der Waals surface area contributed by atoms with Crippen molar-refractivity contribution in [2.24, 2.45) is 0 Å². The largest absolute Gasteiger partial charge is 0.490 e. The molecule has 1 aliphatic heterocycles. The molecule has 1 saturated heterocycles. The molecular weight excluding hydrogens is 538 g/mol. The summed E-state index contributed by atoms with van der Waals surface area (Å²) in [5.41, 5.74) is 3.59. The number of benzene rings is 3. The number of nitrogens with zero attached hydrogens (tertiary/aromatic N) is 1. The summed E-state index contributed by atoms with van der Waals surface area (Å²) in [4.78, 5) is 27.3. The summed E-state index contributed by atoms with van der Waals surface area (Å²) < 4.78 is 13.0. The van der Waals surface area contributed by atoms with Crippen LogP contribution < -0.4 is 9.47 Å². The van der Waals surface area contributed by atoms with E-state index in [0.717, 1.165) is 38.5 Å². The standard InChI is InChI=1S/C29H26BrNO4S/c1-3-8-23-15-22(16-25(34-4-2)27(23)35-19-21-9-6-5-7-10-21)17-26-28(32)31(29(33)36-26)18-20-11-13-24(30)14-12-20/h3,5-7,9-17H,1,4,8,18-19H2,2H3/b26-17-. The third-order valence-corrected chi connectivity index (χ3v) is 6.91. The Morgan fingerprint density at radius 2 is 1.75 bits per heavy atom. The molecule has 7 heteroatoms. The molecule has 1 heterocycles. The summed E-state index contributed by atoms with van der Waals surface area (Å²) >= 11 is 4.35.